The van der Waals surface area contributed by atoms with Crippen LogP contribution in [0.4, 0.5) is 10.6 Å². The molecular formula is C25H26N6O3S. The predicted molar refractivity (Wildman–Crippen MR) is 131 cm³/mol. The molecule has 2 heterocycles. The third-order valence-corrected chi connectivity index (χ3v) is 7.79. The van der Waals surface area contributed by atoms with Crippen molar-refractivity contribution in [2.45, 2.75) is 47.9 Å². The average molecular weight is 491 g/mol. The molecule has 1 aliphatic heterocycles. The second kappa shape index (κ2) is 10.2. The summed E-state index contributed by atoms with van der Waals surface area (Å²) in [5.74, 6) is -0.0194. The Balaban J connectivity index is 1.81. The van der Waals surface area contributed by atoms with Gasteiger partial charge in [0.25, 0.3) is 0 Å². The van der Waals surface area contributed by atoms with E-state index in [1.54, 1.807) is 19.2 Å². The topological polar surface area (TPSA) is 147 Å². The number of hydrogen-bond donors (Lipinski definition) is 2. The molecule has 2 unspecified atom stereocenters. The lowest BCUT2D eigenvalue weighted by molar-refractivity contribution is -0.117. The van der Waals surface area contributed by atoms with Gasteiger partial charge in [-0.15, -0.1) is 0 Å². The lowest BCUT2D eigenvalue weighted by atomic mass is 9.98. The van der Waals surface area contributed by atoms with Crippen molar-refractivity contribution in [1.82, 2.24) is 9.88 Å². The van der Waals surface area contributed by atoms with Gasteiger partial charge in [-0.05, 0) is 42.7 Å². The number of carboxylic acid groups (broad SMARTS) is 1. The summed E-state index contributed by atoms with van der Waals surface area (Å²) in [4.78, 5) is 31.9. The molecule has 4 rings (SSSR count). The summed E-state index contributed by atoms with van der Waals surface area (Å²) < 4.78 is 0. The van der Waals surface area contributed by atoms with E-state index in [1.165, 1.54) is 4.90 Å². The van der Waals surface area contributed by atoms with Gasteiger partial charge in [-0.1, -0.05) is 42.1 Å². The maximum absolute atomic E-state index is 12.4. The van der Waals surface area contributed by atoms with Gasteiger partial charge in [0.15, 0.2) is 0 Å². The van der Waals surface area contributed by atoms with Crippen molar-refractivity contribution in [2.75, 3.05) is 25.0 Å². The van der Waals surface area contributed by atoms with Crippen molar-refractivity contribution < 1.29 is 14.7 Å². The van der Waals surface area contributed by atoms with Gasteiger partial charge in [0.2, 0.25) is 5.91 Å². The number of rotatable bonds is 7. The SMILES string of the molecule is CN(C(=O)O)C1CCCN(c2nc(SC(C(N)=O)c3ccccc3)c(C#N)c(C3CC3)c2C#N)C1. The Morgan fingerprint density at radius 1 is 1.20 bits per heavy atom. The molecule has 2 aliphatic rings. The fraction of sp³-hybridized carbons (Fsp3) is 0.400. The summed E-state index contributed by atoms with van der Waals surface area (Å²) >= 11 is 1.12. The Morgan fingerprint density at radius 2 is 1.89 bits per heavy atom. The van der Waals surface area contributed by atoms with Crippen LogP contribution in [-0.4, -0.2) is 53.2 Å². The molecule has 2 amide bonds. The minimum Gasteiger partial charge on any atom is -0.465 e. The number of pyridine rings is 1. The number of nitriles is 2. The summed E-state index contributed by atoms with van der Waals surface area (Å²) in [5.41, 5.74) is 7.80. The van der Waals surface area contributed by atoms with Crippen LogP contribution in [0.3, 0.4) is 0 Å². The van der Waals surface area contributed by atoms with E-state index in [4.69, 9.17) is 10.7 Å². The van der Waals surface area contributed by atoms with E-state index in [0.717, 1.165) is 31.0 Å². The minimum absolute atomic E-state index is 0.0893. The van der Waals surface area contributed by atoms with Gasteiger partial charge < -0.3 is 20.6 Å². The number of primary amides is 1. The van der Waals surface area contributed by atoms with Crippen molar-refractivity contribution in [3.05, 3.63) is 52.6 Å². The van der Waals surface area contributed by atoms with Gasteiger partial charge in [0.05, 0.1) is 17.2 Å². The van der Waals surface area contributed by atoms with Gasteiger partial charge in [0.1, 0.15) is 28.2 Å². The van der Waals surface area contributed by atoms with E-state index in [1.807, 2.05) is 23.1 Å². The van der Waals surface area contributed by atoms with E-state index in [-0.39, 0.29) is 12.0 Å². The smallest absolute Gasteiger partial charge is 0.407 e. The molecule has 1 saturated carbocycles. The van der Waals surface area contributed by atoms with E-state index >= 15 is 0 Å². The number of anilines is 1. The maximum atomic E-state index is 12.4. The fourth-order valence-electron chi connectivity index (χ4n) is 4.53. The molecule has 0 radical (unpaired) electrons. The standard InChI is InChI=1S/C25H26N6O3S/c1-30(25(33)34)17-8-5-11-31(14-17)23-18(12-26)20(15-9-10-15)19(13-27)24(29-23)35-21(22(28)32)16-6-3-2-4-7-16/h2-4,6-7,15,17,21H,5,8-11,14H2,1H3,(H2,28,32)(H,33,34). The number of nitrogens with two attached hydrogens (primary N) is 1. The predicted octanol–water partition coefficient (Wildman–Crippen LogP) is 3.60. The van der Waals surface area contributed by atoms with Crippen LogP contribution in [0, 0.1) is 22.7 Å². The number of piperidine rings is 1. The maximum Gasteiger partial charge on any atom is 0.407 e. The Bertz CT molecular complexity index is 1220. The van der Waals surface area contributed by atoms with Crippen LogP contribution < -0.4 is 10.6 Å². The highest BCUT2D eigenvalue weighted by Crippen LogP contribution is 2.48. The Hall–Kier alpha value is -3.76. The summed E-state index contributed by atoms with van der Waals surface area (Å²) in [6.07, 6.45) is 2.20. The largest absolute Gasteiger partial charge is 0.465 e. The zero-order valence-corrected chi connectivity index (χ0v) is 20.2. The van der Waals surface area contributed by atoms with Gasteiger partial charge in [-0.3, -0.25) is 4.79 Å². The number of carbonyl (C=O) groups is 2. The van der Waals surface area contributed by atoms with Crippen LogP contribution in [0.1, 0.15) is 59.1 Å². The summed E-state index contributed by atoms with van der Waals surface area (Å²) in [5, 5.41) is 29.3. The molecule has 1 aliphatic carbocycles. The number of amides is 2. The molecule has 3 N–H and O–H groups in total. The lowest BCUT2D eigenvalue weighted by Gasteiger charge is -2.37. The lowest BCUT2D eigenvalue weighted by Crippen LogP contribution is -2.48. The van der Waals surface area contributed by atoms with Crippen LogP contribution in [0.5, 0.6) is 0 Å². The number of benzene rings is 1. The number of thioether (sulfide) groups is 1. The average Bonchev–Trinajstić information content (AvgIpc) is 3.71. The molecule has 2 fully saturated rings. The minimum atomic E-state index is -1.01. The van der Waals surface area contributed by atoms with E-state index in [9.17, 15) is 25.2 Å². The quantitative estimate of drug-likeness (QED) is 0.560. The number of hydrogen-bond acceptors (Lipinski definition) is 7. The van der Waals surface area contributed by atoms with Crippen LogP contribution in [0.25, 0.3) is 0 Å². The summed E-state index contributed by atoms with van der Waals surface area (Å²) in [7, 11) is 1.54. The zero-order valence-electron chi connectivity index (χ0n) is 19.3. The number of likely N-dealkylation sites (N-methyl/N-ethyl adjacent to an activating group) is 1. The van der Waals surface area contributed by atoms with Crippen LogP contribution in [-0.2, 0) is 4.79 Å². The molecule has 9 nitrogen and oxygen atoms in total. The van der Waals surface area contributed by atoms with Crippen molar-refractivity contribution in [3.63, 3.8) is 0 Å². The highest BCUT2D eigenvalue weighted by Gasteiger charge is 2.36. The van der Waals surface area contributed by atoms with Crippen molar-refractivity contribution in [1.29, 1.82) is 10.5 Å². The molecule has 2 atom stereocenters. The molecule has 0 spiro atoms. The number of carbonyl (C=O) groups excluding carboxylic acids is 1. The third kappa shape index (κ3) is 5.03. The van der Waals surface area contributed by atoms with Gasteiger partial charge in [-0.25, -0.2) is 9.78 Å². The van der Waals surface area contributed by atoms with E-state index in [2.05, 4.69) is 12.1 Å². The fourth-order valence-corrected chi connectivity index (χ4v) is 5.58. The van der Waals surface area contributed by atoms with Crippen molar-refractivity contribution in [2.24, 2.45) is 5.73 Å². The second-order valence-electron chi connectivity index (χ2n) is 8.85. The summed E-state index contributed by atoms with van der Waals surface area (Å²) in [6.45, 7) is 1.01. The molecular weight excluding hydrogens is 464 g/mol. The normalized spacial score (nSPS) is 18.3. The van der Waals surface area contributed by atoms with Gasteiger partial charge in [-0.2, -0.15) is 10.5 Å². The van der Waals surface area contributed by atoms with Gasteiger partial charge >= 0.3 is 6.09 Å². The highest BCUT2D eigenvalue weighted by molar-refractivity contribution is 8.00. The van der Waals surface area contributed by atoms with E-state index < -0.39 is 17.3 Å². The third-order valence-electron chi connectivity index (χ3n) is 6.53. The summed E-state index contributed by atoms with van der Waals surface area (Å²) in [6, 6.07) is 13.4. The Kier molecular flexibility index (Phi) is 7.13. The molecule has 1 aromatic carbocycles. The molecule has 2 aromatic rings. The van der Waals surface area contributed by atoms with Crippen LogP contribution >= 0.6 is 11.8 Å². The first kappa shape index (κ1) is 24.4. The Morgan fingerprint density at radius 3 is 2.46 bits per heavy atom. The molecule has 35 heavy (non-hydrogen) atoms. The van der Waals surface area contributed by atoms with E-state index in [0.29, 0.717) is 52.6 Å². The first-order valence-electron chi connectivity index (χ1n) is 11.4. The zero-order chi connectivity index (χ0) is 25.1. The van der Waals surface area contributed by atoms with Gasteiger partial charge in [0, 0.05) is 20.1 Å². The molecule has 1 saturated heterocycles. The monoisotopic (exact) mass is 490 g/mol. The number of nitrogens with zero attached hydrogens (tertiary/aromatic N) is 5. The highest BCUT2D eigenvalue weighted by atomic mass is 32.2. The molecule has 1 aromatic heterocycles. The first-order chi connectivity index (χ1) is 16.8. The molecule has 180 valence electrons. The van der Waals surface area contributed by atoms with Crippen molar-refractivity contribution in [3.8, 4) is 12.1 Å². The molecule has 0 bridgehead atoms. The number of aromatic nitrogens is 1. The first-order valence-corrected chi connectivity index (χ1v) is 12.3. The Labute approximate surface area is 208 Å². The van der Waals surface area contributed by atoms with Crippen molar-refractivity contribution >= 4 is 29.6 Å². The molecule has 10 heteroatoms. The van der Waals surface area contributed by atoms with Crippen LogP contribution in [0.15, 0.2) is 35.4 Å². The van der Waals surface area contributed by atoms with Crippen LogP contribution in [0.2, 0.25) is 0 Å². The second-order valence-corrected chi connectivity index (χ2v) is 9.94.